The van der Waals surface area contributed by atoms with Crippen molar-refractivity contribution in [2.75, 3.05) is 60.6 Å². The van der Waals surface area contributed by atoms with Crippen molar-refractivity contribution >= 4 is 21.2 Å². The van der Waals surface area contributed by atoms with Crippen LogP contribution in [0.5, 0.6) is 0 Å². The zero-order chi connectivity index (χ0) is 15.2. The Morgan fingerprint density at radius 3 is 1.91 bits per heavy atom. The SMILES string of the molecule is O=S1(=O)CCN(c2ccc(N3CC4CNCC4C3)cc2)CC1. The lowest BCUT2D eigenvalue weighted by molar-refractivity contribution is 0.533. The average Bonchev–Trinajstić information content (AvgIpc) is 3.09. The highest BCUT2D eigenvalue weighted by Crippen LogP contribution is 2.31. The van der Waals surface area contributed by atoms with Gasteiger partial charge < -0.3 is 15.1 Å². The molecular formula is C16H23N3O2S. The first kappa shape index (κ1) is 14.3. The molecule has 0 spiro atoms. The zero-order valence-corrected chi connectivity index (χ0v) is 13.6. The molecule has 5 nitrogen and oxygen atoms in total. The van der Waals surface area contributed by atoms with Gasteiger partial charge in [0, 0.05) is 50.6 Å². The maximum absolute atomic E-state index is 11.5. The lowest BCUT2D eigenvalue weighted by Crippen LogP contribution is -2.40. The van der Waals surface area contributed by atoms with Gasteiger partial charge in [-0.2, -0.15) is 0 Å². The van der Waals surface area contributed by atoms with Gasteiger partial charge >= 0.3 is 0 Å². The van der Waals surface area contributed by atoms with Gasteiger partial charge in [0.15, 0.2) is 9.84 Å². The third kappa shape index (κ3) is 2.70. The molecule has 2 atom stereocenters. The largest absolute Gasteiger partial charge is 0.371 e. The summed E-state index contributed by atoms with van der Waals surface area (Å²) in [6.07, 6.45) is 0. The Balaban J connectivity index is 1.43. The standard InChI is InChI=1S/C16H23N3O2S/c20-22(21)7-5-18(6-8-22)15-1-3-16(4-2-15)19-11-13-9-17-10-14(13)12-19/h1-4,13-14,17H,5-12H2. The van der Waals surface area contributed by atoms with Crippen LogP contribution in [0.1, 0.15) is 0 Å². The van der Waals surface area contributed by atoms with Gasteiger partial charge in [-0.3, -0.25) is 0 Å². The van der Waals surface area contributed by atoms with E-state index in [-0.39, 0.29) is 11.5 Å². The molecule has 2 unspecified atom stereocenters. The second-order valence-electron chi connectivity index (χ2n) is 6.74. The molecule has 3 aliphatic heterocycles. The Hall–Kier alpha value is -1.27. The molecule has 3 saturated heterocycles. The average molecular weight is 321 g/mol. The monoisotopic (exact) mass is 321 g/mol. The van der Waals surface area contributed by atoms with Crippen LogP contribution >= 0.6 is 0 Å². The van der Waals surface area contributed by atoms with E-state index >= 15 is 0 Å². The molecule has 0 aromatic heterocycles. The molecule has 0 amide bonds. The molecule has 0 radical (unpaired) electrons. The molecule has 120 valence electrons. The Labute approximate surface area is 132 Å². The minimum Gasteiger partial charge on any atom is -0.371 e. The fourth-order valence-corrected chi connectivity index (χ4v) is 5.11. The maximum atomic E-state index is 11.5. The lowest BCUT2D eigenvalue weighted by Gasteiger charge is -2.29. The van der Waals surface area contributed by atoms with Crippen LogP contribution < -0.4 is 15.1 Å². The first-order chi connectivity index (χ1) is 10.6. The number of anilines is 2. The number of benzene rings is 1. The van der Waals surface area contributed by atoms with Gasteiger partial charge in [0.2, 0.25) is 0 Å². The predicted molar refractivity (Wildman–Crippen MR) is 89.4 cm³/mol. The number of fused-ring (bicyclic) bond motifs is 1. The summed E-state index contributed by atoms with van der Waals surface area (Å²) in [6.45, 7) is 5.84. The zero-order valence-electron chi connectivity index (χ0n) is 12.7. The molecule has 0 aliphatic carbocycles. The minimum absolute atomic E-state index is 0.275. The van der Waals surface area contributed by atoms with Crippen molar-refractivity contribution in [1.29, 1.82) is 0 Å². The number of hydrogen-bond acceptors (Lipinski definition) is 5. The molecule has 3 aliphatic rings. The van der Waals surface area contributed by atoms with Crippen molar-refractivity contribution in [2.24, 2.45) is 11.8 Å². The highest BCUT2D eigenvalue weighted by atomic mass is 32.2. The Kier molecular flexibility index (Phi) is 3.53. The van der Waals surface area contributed by atoms with Gasteiger partial charge in [-0.25, -0.2) is 8.42 Å². The third-order valence-corrected chi connectivity index (χ3v) is 6.92. The van der Waals surface area contributed by atoms with Gasteiger partial charge in [-0.15, -0.1) is 0 Å². The summed E-state index contributed by atoms with van der Waals surface area (Å²) < 4.78 is 23.0. The molecular weight excluding hydrogens is 298 g/mol. The molecule has 1 aromatic carbocycles. The van der Waals surface area contributed by atoms with Gasteiger partial charge in [0.05, 0.1) is 11.5 Å². The molecule has 0 bridgehead atoms. The first-order valence-corrected chi connectivity index (χ1v) is 9.94. The third-order valence-electron chi connectivity index (χ3n) is 5.31. The second kappa shape index (κ2) is 5.42. The highest BCUT2D eigenvalue weighted by Gasteiger charge is 2.36. The van der Waals surface area contributed by atoms with Crippen molar-refractivity contribution < 1.29 is 8.42 Å². The number of nitrogens with one attached hydrogen (secondary N) is 1. The fourth-order valence-electron chi connectivity index (χ4n) is 3.91. The van der Waals surface area contributed by atoms with Crippen molar-refractivity contribution in [2.45, 2.75) is 0 Å². The number of hydrogen-bond donors (Lipinski definition) is 1. The molecule has 6 heteroatoms. The predicted octanol–water partition coefficient (Wildman–Crippen LogP) is 0.577. The van der Waals surface area contributed by atoms with Crippen LogP contribution in [0.25, 0.3) is 0 Å². The van der Waals surface area contributed by atoms with Crippen molar-refractivity contribution in [1.82, 2.24) is 5.32 Å². The molecule has 22 heavy (non-hydrogen) atoms. The molecule has 4 rings (SSSR count). The Morgan fingerprint density at radius 2 is 1.36 bits per heavy atom. The summed E-state index contributed by atoms with van der Waals surface area (Å²) in [6, 6.07) is 8.65. The number of nitrogens with zero attached hydrogens (tertiary/aromatic N) is 2. The van der Waals surface area contributed by atoms with E-state index in [4.69, 9.17) is 0 Å². The van der Waals surface area contributed by atoms with E-state index in [2.05, 4.69) is 39.4 Å². The molecule has 3 heterocycles. The summed E-state index contributed by atoms with van der Waals surface area (Å²) in [4.78, 5) is 4.66. The van der Waals surface area contributed by atoms with Crippen molar-refractivity contribution in [3.8, 4) is 0 Å². The molecule has 0 saturated carbocycles. The summed E-state index contributed by atoms with van der Waals surface area (Å²) in [7, 11) is -2.81. The summed E-state index contributed by atoms with van der Waals surface area (Å²) in [5.41, 5.74) is 2.43. The summed E-state index contributed by atoms with van der Waals surface area (Å²) in [5, 5.41) is 3.47. The molecule has 3 fully saturated rings. The van der Waals surface area contributed by atoms with E-state index in [1.54, 1.807) is 0 Å². The quantitative estimate of drug-likeness (QED) is 0.863. The van der Waals surface area contributed by atoms with Gasteiger partial charge in [0.1, 0.15) is 0 Å². The van der Waals surface area contributed by atoms with Gasteiger partial charge in [0.25, 0.3) is 0 Å². The first-order valence-electron chi connectivity index (χ1n) is 8.12. The molecule has 1 N–H and O–H groups in total. The topological polar surface area (TPSA) is 52.7 Å². The minimum atomic E-state index is -2.81. The van der Waals surface area contributed by atoms with E-state index in [1.165, 1.54) is 5.69 Å². The van der Waals surface area contributed by atoms with E-state index in [0.717, 1.165) is 43.7 Å². The van der Waals surface area contributed by atoms with E-state index in [0.29, 0.717) is 13.1 Å². The van der Waals surface area contributed by atoms with E-state index in [9.17, 15) is 8.42 Å². The Bertz CT molecular complexity index is 618. The van der Waals surface area contributed by atoms with Crippen LogP contribution in [0, 0.1) is 11.8 Å². The molecule has 1 aromatic rings. The van der Waals surface area contributed by atoms with Crippen LogP contribution in [0.15, 0.2) is 24.3 Å². The van der Waals surface area contributed by atoms with Crippen LogP contribution in [-0.4, -0.2) is 59.2 Å². The van der Waals surface area contributed by atoms with Crippen molar-refractivity contribution in [3.05, 3.63) is 24.3 Å². The summed E-state index contributed by atoms with van der Waals surface area (Å²) >= 11 is 0. The number of rotatable bonds is 2. The van der Waals surface area contributed by atoms with Crippen LogP contribution in [0.2, 0.25) is 0 Å². The number of sulfone groups is 1. The van der Waals surface area contributed by atoms with Gasteiger partial charge in [-0.05, 0) is 36.1 Å². The van der Waals surface area contributed by atoms with E-state index in [1.807, 2.05) is 0 Å². The van der Waals surface area contributed by atoms with Crippen molar-refractivity contribution in [3.63, 3.8) is 0 Å². The lowest BCUT2D eigenvalue weighted by atomic mass is 10.0. The van der Waals surface area contributed by atoms with Crippen LogP contribution in [-0.2, 0) is 9.84 Å². The Morgan fingerprint density at radius 1 is 0.864 bits per heavy atom. The smallest absolute Gasteiger partial charge is 0.153 e. The fraction of sp³-hybridized carbons (Fsp3) is 0.625. The normalized spacial score (nSPS) is 30.5. The highest BCUT2D eigenvalue weighted by molar-refractivity contribution is 7.91. The van der Waals surface area contributed by atoms with Gasteiger partial charge in [-0.1, -0.05) is 0 Å². The van der Waals surface area contributed by atoms with Crippen LogP contribution in [0.4, 0.5) is 11.4 Å². The second-order valence-corrected chi connectivity index (χ2v) is 9.04. The summed E-state index contributed by atoms with van der Waals surface area (Å²) in [5.74, 6) is 2.15. The maximum Gasteiger partial charge on any atom is 0.153 e. The van der Waals surface area contributed by atoms with Crippen LogP contribution in [0.3, 0.4) is 0 Å². The van der Waals surface area contributed by atoms with E-state index < -0.39 is 9.84 Å².